The zero-order valence-electron chi connectivity index (χ0n) is 15.5. The highest BCUT2D eigenvalue weighted by Gasteiger charge is 2.36. The molecule has 3 aliphatic heterocycles. The van der Waals surface area contributed by atoms with E-state index < -0.39 is 11.7 Å². The van der Waals surface area contributed by atoms with E-state index in [1.54, 1.807) is 28.1 Å². The summed E-state index contributed by atoms with van der Waals surface area (Å²) in [4.78, 5) is 49.8. The summed E-state index contributed by atoms with van der Waals surface area (Å²) in [6.07, 6.45) is 4.87. The maximum absolute atomic E-state index is 12.8. The number of benzene rings is 1. The Kier molecular flexibility index (Phi) is 4.73. The molecule has 7 heteroatoms. The summed E-state index contributed by atoms with van der Waals surface area (Å²) in [6.45, 7) is 3.44. The molecule has 0 unspecified atom stereocenters. The van der Waals surface area contributed by atoms with Crippen LogP contribution in [0.15, 0.2) is 63.7 Å². The first kappa shape index (κ1) is 18.0. The summed E-state index contributed by atoms with van der Waals surface area (Å²) in [6, 6.07) is 8.82. The number of rotatable bonds is 3. The van der Waals surface area contributed by atoms with Gasteiger partial charge >= 0.3 is 0 Å². The highest BCUT2D eigenvalue weighted by molar-refractivity contribution is 6.50. The van der Waals surface area contributed by atoms with Gasteiger partial charge in [0.15, 0.2) is 0 Å². The Morgan fingerprint density at radius 1 is 1.11 bits per heavy atom. The lowest BCUT2D eigenvalue weighted by Crippen LogP contribution is -2.57. The number of dihydropyridines is 1. The molecule has 4 rings (SSSR count). The van der Waals surface area contributed by atoms with E-state index in [0.29, 0.717) is 48.6 Å². The maximum Gasteiger partial charge on any atom is 0.295 e. The largest absolute Gasteiger partial charge is 0.335 e. The summed E-state index contributed by atoms with van der Waals surface area (Å²) >= 11 is 0. The van der Waals surface area contributed by atoms with Crippen molar-refractivity contribution >= 4 is 29.5 Å². The zero-order valence-corrected chi connectivity index (χ0v) is 15.5. The molecule has 2 amide bonds. The monoisotopic (exact) mass is 376 g/mol. The van der Waals surface area contributed by atoms with Crippen LogP contribution in [-0.2, 0) is 9.59 Å². The Labute approximate surface area is 162 Å². The Morgan fingerprint density at radius 2 is 1.89 bits per heavy atom. The van der Waals surface area contributed by atoms with Gasteiger partial charge in [-0.3, -0.25) is 24.4 Å². The predicted octanol–water partition coefficient (Wildman–Crippen LogP) is 1.28. The Hall–Kier alpha value is -3.35. The molecule has 1 atom stereocenters. The van der Waals surface area contributed by atoms with E-state index in [0.717, 1.165) is 0 Å². The molecule has 0 N–H and O–H groups in total. The van der Waals surface area contributed by atoms with Crippen LogP contribution in [0.3, 0.4) is 0 Å². The molecule has 3 aliphatic rings. The molecule has 142 valence electrons. The Balaban J connectivity index is 1.42. The third kappa shape index (κ3) is 3.19. The van der Waals surface area contributed by atoms with E-state index in [1.165, 1.54) is 6.20 Å². The van der Waals surface area contributed by atoms with Crippen LogP contribution in [0.4, 0.5) is 0 Å². The van der Waals surface area contributed by atoms with E-state index in [4.69, 9.17) is 0 Å². The van der Waals surface area contributed by atoms with Gasteiger partial charge in [0, 0.05) is 49.2 Å². The molecule has 1 aromatic carbocycles. The zero-order chi connectivity index (χ0) is 19.7. The fourth-order valence-electron chi connectivity index (χ4n) is 3.65. The number of ketones is 1. The second-order valence-electron chi connectivity index (χ2n) is 6.96. The first-order chi connectivity index (χ1) is 13.6. The molecule has 28 heavy (non-hydrogen) atoms. The van der Waals surface area contributed by atoms with Crippen molar-refractivity contribution in [2.24, 2.45) is 9.98 Å². The predicted molar refractivity (Wildman–Crippen MR) is 105 cm³/mol. The molecule has 0 saturated carbocycles. The molecule has 1 saturated heterocycles. The van der Waals surface area contributed by atoms with Crippen LogP contribution >= 0.6 is 0 Å². The minimum Gasteiger partial charge on any atom is -0.335 e. The molecule has 1 fully saturated rings. The molecule has 0 bridgehead atoms. The number of nitrogens with zero attached hydrogens (tertiary/aromatic N) is 4. The molecule has 0 radical (unpaired) electrons. The fourth-order valence-corrected chi connectivity index (χ4v) is 3.65. The molecule has 7 nitrogen and oxygen atoms in total. The van der Waals surface area contributed by atoms with Crippen LogP contribution in [0.5, 0.6) is 0 Å². The van der Waals surface area contributed by atoms with Crippen molar-refractivity contribution in [1.29, 1.82) is 0 Å². The van der Waals surface area contributed by atoms with Crippen molar-refractivity contribution in [2.45, 2.75) is 13.0 Å². The number of hydrogen-bond acceptors (Lipinski definition) is 5. The van der Waals surface area contributed by atoms with E-state index in [9.17, 15) is 14.4 Å². The van der Waals surface area contributed by atoms with E-state index in [1.807, 2.05) is 31.2 Å². The van der Waals surface area contributed by atoms with Crippen molar-refractivity contribution in [2.75, 3.05) is 26.2 Å². The highest BCUT2D eigenvalue weighted by Crippen LogP contribution is 2.23. The van der Waals surface area contributed by atoms with Gasteiger partial charge in [0.1, 0.15) is 0 Å². The van der Waals surface area contributed by atoms with Crippen molar-refractivity contribution in [1.82, 2.24) is 9.80 Å². The number of piperazine rings is 1. The van der Waals surface area contributed by atoms with Crippen LogP contribution in [0, 0.1) is 0 Å². The van der Waals surface area contributed by atoms with Crippen molar-refractivity contribution in [3.8, 4) is 0 Å². The van der Waals surface area contributed by atoms with Crippen LogP contribution < -0.4 is 0 Å². The molecule has 1 aromatic rings. The summed E-state index contributed by atoms with van der Waals surface area (Å²) < 4.78 is 0. The standard InChI is InChI=1S/C21H20N4O3/c1-14-13-24(20(27)15-5-3-2-4-6-15)9-10-25(14)21(28)19(26)17-11-23-18-12-22-8-7-16(17)18/h2-7,11-12,14H,8-10,13H2,1H3/t14-/m1/s1. The first-order valence-electron chi connectivity index (χ1n) is 9.24. The van der Waals surface area contributed by atoms with Crippen LogP contribution in [0.1, 0.15) is 17.3 Å². The van der Waals surface area contributed by atoms with Gasteiger partial charge in [0.25, 0.3) is 17.6 Å². The Morgan fingerprint density at radius 3 is 2.64 bits per heavy atom. The average Bonchev–Trinajstić information content (AvgIpc) is 3.17. The molecular formula is C21H20N4O3. The van der Waals surface area contributed by atoms with Crippen molar-refractivity contribution in [3.63, 3.8) is 0 Å². The molecular weight excluding hydrogens is 356 g/mol. The summed E-state index contributed by atoms with van der Waals surface area (Å²) in [5.74, 6) is -1.17. The summed E-state index contributed by atoms with van der Waals surface area (Å²) in [5.41, 5.74) is 2.24. The van der Waals surface area contributed by atoms with E-state index in [-0.39, 0.29) is 11.9 Å². The van der Waals surface area contributed by atoms with Crippen molar-refractivity contribution in [3.05, 3.63) is 59.3 Å². The highest BCUT2D eigenvalue weighted by atomic mass is 16.2. The number of amides is 2. The maximum atomic E-state index is 12.8. The first-order valence-corrected chi connectivity index (χ1v) is 9.24. The van der Waals surface area contributed by atoms with Gasteiger partial charge in [-0.2, -0.15) is 0 Å². The summed E-state index contributed by atoms with van der Waals surface area (Å²) in [5, 5.41) is 0. The van der Waals surface area contributed by atoms with Gasteiger partial charge in [-0.15, -0.1) is 0 Å². The van der Waals surface area contributed by atoms with Crippen LogP contribution in [-0.4, -0.2) is 71.5 Å². The van der Waals surface area contributed by atoms with Gasteiger partial charge in [0.2, 0.25) is 0 Å². The number of fused-ring (bicyclic) bond motifs is 1. The lowest BCUT2D eigenvalue weighted by molar-refractivity contribution is -0.145. The molecule has 3 heterocycles. The molecule has 0 aliphatic carbocycles. The minimum absolute atomic E-state index is 0.0610. The number of allylic oxidation sites excluding steroid dienone is 1. The average molecular weight is 376 g/mol. The Bertz CT molecular complexity index is 959. The van der Waals surface area contributed by atoms with Crippen molar-refractivity contribution < 1.29 is 14.4 Å². The number of Topliss-reactive ketones (excluding diaryl/α,β-unsaturated/α-hetero) is 1. The normalized spacial score (nSPS) is 20.9. The fraction of sp³-hybridized carbons (Fsp3) is 0.286. The van der Waals surface area contributed by atoms with Crippen LogP contribution in [0.2, 0.25) is 0 Å². The quantitative estimate of drug-likeness (QED) is 0.745. The van der Waals surface area contributed by atoms with E-state index in [2.05, 4.69) is 9.98 Å². The SMILES string of the molecule is C[C@@H]1CN(C(=O)c2ccccc2)CCN1C(=O)C(=O)C1=CN=C2C=NCC=C12. The summed E-state index contributed by atoms with van der Waals surface area (Å²) in [7, 11) is 0. The minimum atomic E-state index is -0.560. The molecule has 0 spiro atoms. The van der Waals surface area contributed by atoms with Gasteiger partial charge in [0.05, 0.1) is 17.8 Å². The smallest absolute Gasteiger partial charge is 0.295 e. The lowest BCUT2D eigenvalue weighted by Gasteiger charge is -2.39. The number of hydrogen-bond donors (Lipinski definition) is 0. The van der Waals surface area contributed by atoms with Crippen LogP contribution in [0.25, 0.3) is 0 Å². The van der Waals surface area contributed by atoms with E-state index >= 15 is 0 Å². The lowest BCUT2D eigenvalue weighted by atomic mass is 9.98. The van der Waals surface area contributed by atoms with Gasteiger partial charge in [-0.25, -0.2) is 0 Å². The topological polar surface area (TPSA) is 82.4 Å². The van der Waals surface area contributed by atoms with Gasteiger partial charge < -0.3 is 9.80 Å². The number of aliphatic imine (C=N–C) groups is 2. The molecule has 0 aromatic heterocycles. The second-order valence-corrected chi connectivity index (χ2v) is 6.96. The van der Waals surface area contributed by atoms with Gasteiger partial charge in [-0.1, -0.05) is 24.3 Å². The number of carbonyl (C=O) groups is 3. The second kappa shape index (κ2) is 7.34. The number of carbonyl (C=O) groups excluding carboxylic acids is 3. The van der Waals surface area contributed by atoms with Gasteiger partial charge in [-0.05, 0) is 19.1 Å². The third-order valence-electron chi connectivity index (χ3n) is 5.15. The third-order valence-corrected chi connectivity index (χ3v) is 5.15.